The van der Waals surface area contributed by atoms with Gasteiger partial charge in [0.05, 0.1) is 12.7 Å². The number of phenolic OH excluding ortho intramolecular Hbond substituents is 1. The SMILES string of the molecule is C[C@@]12CC[C@H](OCCCOC(C(F)(F)F)(C(F)(F)F)C(F)(F)F)[C@@]1(C)CC[C@@H]1c3ccc(O)cc3CC[C@H]12. The molecule has 0 unspecified atom stereocenters. The van der Waals surface area contributed by atoms with Gasteiger partial charge < -0.3 is 14.6 Å². The van der Waals surface area contributed by atoms with Crippen molar-refractivity contribution in [3.63, 3.8) is 0 Å². The molecule has 3 aliphatic rings. The van der Waals surface area contributed by atoms with Crippen molar-refractivity contribution in [2.24, 2.45) is 16.7 Å². The molecule has 0 heterocycles. The van der Waals surface area contributed by atoms with Gasteiger partial charge in [0.2, 0.25) is 0 Å². The normalized spacial score (nSPS) is 32.0. The van der Waals surface area contributed by atoms with Crippen LogP contribution in [-0.2, 0) is 15.9 Å². The minimum Gasteiger partial charge on any atom is -0.508 e. The van der Waals surface area contributed by atoms with Crippen molar-refractivity contribution in [2.75, 3.05) is 13.2 Å². The molecule has 0 radical (unpaired) electrons. The van der Waals surface area contributed by atoms with Crippen LogP contribution in [0.2, 0.25) is 0 Å². The molecule has 5 atom stereocenters. The van der Waals surface area contributed by atoms with Crippen LogP contribution in [0.4, 0.5) is 39.5 Å². The maximum atomic E-state index is 13.0. The van der Waals surface area contributed by atoms with E-state index in [1.165, 1.54) is 5.56 Å². The monoisotopic (exact) mass is 562 g/mol. The molecule has 38 heavy (non-hydrogen) atoms. The van der Waals surface area contributed by atoms with Crippen LogP contribution in [0.25, 0.3) is 0 Å². The molecule has 216 valence electrons. The highest BCUT2D eigenvalue weighted by Gasteiger charge is 2.85. The van der Waals surface area contributed by atoms with Crippen LogP contribution in [0.3, 0.4) is 0 Å². The summed E-state index contributed by atoms with van der Waals surface area (Å²) in [5.41, 5.74) is -4.33. The topological polar surface area (TPSA) is 38.7 Å². The summed E-state index contributed by atoms with van der Waals surface area (Å²) in [5, 5.41) is 9.85. The predicted molar refractivity (Wildman–Crippen MR) is 119 cm³/mol. The Morgan fingerprint density at radius 3 is 2.05 bits per heavy atom. The Bertz CT molecular complexity index is 983. The Morgan fingerprint density at radius 2 is 1.45 bits per heavy atom. The van der Waals surface area contributed by atoms with Gasteiger partial charge in [-0.2, -0.15) is 39.5 Å². The number of fused-ring (bicyclic) bond motifs is 5. The molecule has 0 aliphatic heterocycles. The van der Waals surface area contributed by atoms with E-state index in [-0.39, 0.29) is 29.3 Å². The maximum Gasteiger partial charge on any atom is 0.435 e. The molecule has 3 aliphatic carbocycles. The first-order valence-electron chi connectivity index (χ1n) is 12.7. The second-order valence-corrected chi connectivity index (χ2v) is 11.3. The quantitative estimate of drug-likeness (QED) is 0.284. The maximum absolute atomic E-state index is 13.0. The number of ether oxygens (including phenoxy) is 2. The number of halogens is 9. The van der Waals surface area contributed by atoms with E-state index in [1.807, 2.05) is 6.07 Å². The fourth-order valence-corrected chi connectivity index (χ4v) is 7.44. The lowest BCUT2D eigenvalue weighted by Gasteiger charge is -2.57. The van der Waals surface area contributed by atoms with Gasteiger partial charge in [0.25, 0.3) is 0 Å². The minimum atomic E-state index is -6.74. The summed E-state index contributed by atoms with van der Waals surface area (Å²) in [7, 11) is 0. The highest BCUT2D eigenvalue weighted by molar-refractivity contribution is 5.40. The number of alkyl halides is 9. The third-order valence-corrected chi connectivity index (χ3v) is 9.59. The highest BCUT2D eigenvalue weighted by atomic mass is 19.4. The van der Waals surface area contributed by atoms with Gasteiger partial charge in [-0.3, -0.25) is 0 Å². The largest absolute Gasteiger partial charge is 0.508 e. The molecule has 2 fully saturated rings. The van der Waals surface area contributed by atoms with Crippen LogP contribution in [0.5, 0.6) is 5.75 Å². The van der Waals surface area contributed by atoms with E-state index >= 15 is 0 Å². The zero-order chi connectivity index (χ0) is 28.4. The molecule has 12 heteroatoms. The van der Waals surface area contributed by atoms with Crippen molar-refractivity contribution in [2.45, 2.75) is 94.9 Å². The second-order valence-electron chi connectivity index (χ2n) is 11.3. The molecule has 0 aromatic heterocycles. The molecule has 1 aromatic carbocycles. The smallest absolute Gasteiger partial charge is 0.435 e. The summed E-state index contributed by atoms with van der Waals surface area (Å²) in [6.07, 6.45) is -16.3. The number of aryl methyl sites for hydroxylation is 1. The molecule has 3 nitrogen and oxygen atoms in total. The molecule has 1 N–H and O–H groups in total. The van der Waals surface area contributed by atoms with Gasteiger partial charge in [-0.25, -0.2) is 0 Å². The Hall–Kier alpha value is -1.69. The molecule has 0 amide bonds. The number of phenols is 1. The van der Waals surface area contributed by atoms with Crippen LogP contribution in [-0.4, -0.2) is 48.6 Å². The fourth-order valence-electron chi connectivity index (χ4n) is 7.44. The van der Waals surface area contributed by atoms with E-state index in [0.29, 0.717) is 18.3 Å². The zero-order valence-corrected chi connectivity index (χ0v) is 21.0. The second kappa shape index (κ2) is 9.45. The Labute approximate surface area is 214 Å². The molecule has 1 aromatic rings. The lowest BCUT2D eigenvalue weighted by molar-refractivity contribution is -0.457. The summed E-state index contributed by atoms with van der Waals surface area (Å²) >= 11 is 0. The average molecular weight is 563 g/mol. The third-order valence-electron chi connectivity index (χ3n) is 9.59. The number of hydrogen-bond donors (Lipinski definition) is 1. The summed E-state index contributed by atoms with van der Waals surface area (Å²) in [6.45, 7) is 2.54. The van der Waals surface area contributed by atoms with Crippen molar-refractivity contribution >= 4 is 0 Å². The Morgan fingerprint density at radius 1 is 0.842 bits per heavy atom. The Balaban J connectivity index is 1.40. The Kier molecular flexibility index (Phi) is 7.29. The first-order valence-corrected chi connectivity index (χ1v) is 12.7. The fraction of sp³-hybridized carbons (Fsp3) is 0.769. The number of hydrogen-bond acceptors (Lipinski definition) is 3. The summed E-state index contributed by atoms with van der Waals surface area (Å²) < 4.78 is 127. The van der Waals surface area contributed by atoms with E-state index in [0.717, 1.165) is 37.7 Å². The van der Waals surface area contributed by atoms with Gasteiger partial charge in [0.15, 0.2) is 0 Å². The molecular formula is C26H31F9O3. The van der Waals surface area contributed by atoms with E-state index in [9.17, 15) is 44.6 Å². The van der Waals surface area contributed by atoms with Gasteiger partial charge >= 0.3 is 24.1 Å². The molecule has 2 saturated carbocycles. The van der Waals surface area contributed by atoms with E-state index < -0.39 is 37.2 Å². The first kappa shape index (κ1) is 29.3. The van der Waals surface area contributed by atoms with E-state index in [1.54, 1.807) is 12.1 Å². The lowest BCUT2D eigenvalue weighted by atomic mass is 9.48. The molecular weight excluding hydrogens is 531 g/mol. The molecule has 0 bridgehead atoms. The average Bonchev–Trinajstić information content (AvgIpc) is 3.03. The van der Waals surface area contributed by atoms with Gasteiger partial charge in [-0.15, -0.1) is 0 Å². The summed E-state index contributed by atoms with van der Waals surface area (Å²) in [6, 6.07) is 5.46. The van der Waals surface area contributed by atoms with Crippen LogP contribution < -0.4 is 0 Å². The minimum absolute atomic E-state index is 0.134. The standard InChI is InChI=1S/C26H31F9O3/c1-21-11-9-20(37-12-3-13-38-23(24(27,28)29,25(30,31)32)26(33,34)35)22(21,2)10-8-18-17-6-5-16(36)14-15(17)4-7-19(18)21/h5-6,14,18-20,36H,3-4,7-13H2,1-2H3/t18-,19-,20+,21+,22-/m1/s1. The summed E-state index contributed by atoms with van der Waals surface area (Å²) in [5.74, 6) is 0.872. The molecule has 0 saturated heterocycles. The van der Waals surface area contributed by atoms with Crippen molar-refractivity contribution in [3.8, 4) is 5.75 Å². The predicted octanol–water partition coefficient (Wildman–Crippen LogP) is 7.86. The number of aromatic hydroxyl groups is 1. The van der Waals surface area contributed by atoms with Crippen LogP contribution in [0.1, 0.15) is 69.4 Å². The first-order chi connectivity index (χ1) is 17.4. The van der Waals surface area contributed by atoms with Crippen LogP contribution in [0.15, 0.2) is 18.2 Å². The van der Waals surface area contributed by atoms with Gasteiger partial charge in [0.1, 0.15) is 5.75 Å². The van der Waals surface area contributed by atoms with Crippen LogP contribution in [0, 0.1) is 16.7 Å². The van der Waals surface area contributed by atoms with Crippen molar-refractivity contribution in [1.29, 1.82) is 0 Å². The van der Waals surface area contributed by atoms with E-state index in [2.05, 4.69) is 18.6 Å². The number of rotatable bonds is 6. The van der Waals surface area contributed by atoms with Crippen molar-refractivity contribution in [3.05, 3.63) is 29.3 Å². The van der Waals surface area contributed by atoms with Gasteiger partial charge in [-0.05, 0) is 90.9 Å². The molecule has 0 spiro atoms. The van der Waals surface area contributed by atoms with Gasteiger partial charge in [0, 0.05) is 6.61 Å². The zero-order valence-electron chi connectivity index (χ0n) is 21.0. The number of benzene rings is 1. The van der Waals surface area contributed by atoms with E-state index in [4.69, 9.17) is 4.74 Å². The molecule has 4 rings (SSSR count). The highest BCUT2D eigenvalue weighted by Crippen LogP contribution is 2.68. The van der Waals surface area contributed by atoms with Crippen LogP contribution >= 0.6 is 0 Å². The lowest BCUT2D eigenvalue weighted by Crippen LogP contribution is -2.67. The van der Waals surface area contributed by atoms with Gasteiger partial charge in [-0.1, -0.05) is 19.9 Å². The summed E-state index contributed by atoms with van der Waals surface area (Å²) in [4.78, 5) is 0. The van der Waals surface area contributed by atoms with Crippen molar-refractivity contribution < 1.29 is 54.1 Å². The third kappa shape index (κ3) is 4.37. The van der Waals surface area contributed by atoms with Crippen molar-refractivity contribution in [1.82, 2.24) is 0 Å².